The molecule has 1 atom stereocenters. The molecule has 2 heterocycles. The zero-order valence-electron chi connectivity index (χ0n) is 19.6. The number of thiazole rings is 1. The van der Waals surface area contributed by atoms with Gasteiger partial charge in [0.1, 0.15) is 6.04 Å². The molecule has 1 amide bonds. The number of anilines is 1. The Balaban J connectivity index is 1.65. The number of nitrogens with zero attached hydrogens (tertiary/aromatic N) is 4. The molecule has 1 aliphatic heterocycles. The Hall–Kier alpha value is -2.04. The van der Waals surface area contributed by atoms with E-state index < -0.39 is 16.1 Å². The molecule has 0 aliphatic carbocycles. The molecule has 1 aromatic heterocycles. The van der Waals surface area contributed by atoms with Gasteiger partial charge in [-0.15, -0.1) is 0 Å². The van der Waals surface area contributed by atoms with Crippen molar-refractivity contribution < 1.29 is 13.2 Å². The molecule has 1 aliphatic rings. The van der Waals surface area contributed by atoms with Crippen LogP contribution in [-0.4, -0.2) is 68.3 Å². The third-order valence-corrected chi connectivity index (χ3v) is 9.14. The van der Waals surface area contributed by atoms with Crippen LogP contribution in [0, 0.1) is 6.92 Å². The standard InChI is InChI=1S/C24H29ClN4O3S2/c1-17-7-12-20-22(16-17)33-24(26-20)28(14-5-13-27(2)3)23(30)21-6-4-15-29(21)34(31,32)19-10-8-18(25)9-11-19/h7-12,16,21H,4-6,13-15H2,1-3H3. The molecular weight excluding hydrogens is 492 g/mol. The van der Waals surface area contributed by atoms with Crippen molar-refractivity contribution in [2.24, 2.45) is 0 Å². The quantitative estimate of drug-likeness (QED) is 0.440. The van der Waals surface area contributed by atoms with Gasteiger partial charge in [0, 0.05) is 18.1 Å². The lowest BCUT2D eigenvalue weighted by Gasteiger charge is -2.29. The highest BCUT2D eigenvalue weighted by Crippen LogP contribution is 2.33. The summed E-state index contributed by atoms with van der Waals surface area (Å²) >= 11 is 7.42. The summed E-state index contributed by atoms with van der Waals surface area (Å²) < 4.78 is 29.1. The first kappa shape index (κ1) is 25.1. The van der Waals surface area contributed by atoms with Crippen molar-refractivity contribution in [2.45, 2.75) is 37.1 Å². The summed E-state index contributed by atoms with van der Waals surface area (Å²) in [5.41, 5.74) is 1.97. The monoisotopic (exact) mass is 520 g/mol. The van der Waals surface area contributed by atoms with Gasteiger partial charge in [-0.1, -0.05) is 29.0 Å². The third-order valence-electron chi connectivity index (χ3n) is 5.93. The van der Waals surface area contributed by atoms with E-state index in [0.29, 0.717) is 36.1 Å². The van der Waals surface area contributed by atoms with Gasteiger partial charge < -0.3 is 4.90 Å². The van der Waals surface area contributed by atoms with E-state index in [2.05, 4.69) is 11.0 Å². The number of hydrogen-bond acceptors (Lipinski definition) is 6. The second-order valence-corrected chi connectivity index (χ2v) is 12.2. The first-order valence-electron chi connectivity index (χ1n) is 11.3. The molecular formula is C24H29ClN4O3S2. The minimum atomic E-state index is -3.83. The highest BCUT2D eigenvalue weighted by atomic mass is 35.5. The highest BCUT2D eigenvalue weighted by Gasteiger charge is 2.42. The molecule has 1 saturated heterocycles. The van der Waals surface area contributed by atoms with E-state index >= 15 is 0 Å². The van der Waals surface area contributed by atoms with Crippen LogP contribution in [0.25, 0.3) is 10.2 Å². The summed E-state index contributed by atoms with van der Waals surface area (Å²) in [6, 6.07) is 11.3. The molecule has 0 saturated carbocycles. The van der Waals surface area contributed by atoms with Crippen LogP contribution in [0.3, 0.4) is 0 Å². The van der Waals surface area contributed by atoms with Crippen molar-refractivity contribution >= 4 is 54.2 Å². The summed E-state index contributed by atoms with van der Waals surface area (Å²) in [5, 5.41) is 1.08. The van der Waals surface area contributed by atoms with E-state index in [0.717, 1.165) is 28.7 Å². The lowest BCUT2D eigenvalue weighted by Crippen LogP contribution is -2.48. The van der Waals surface area contributed by atoms with Crippen LogP contribution >= 0.6 is 22.9 Å². The van der Waals surface area contributed by atoms with Crippen molar-refractivity contribution in [3.05, 3.63) is 53.1 Å². The van der Waals surface area contributed by atoms with Crippen LogP contribution in [-0.2, 0) is 14.8 Å². The number of rotatable bonds is 8. The van der Waals surface area contributed by atoms with Crippen LogP contribution in [0.5, 0.6) is 0 Å². The predicted octanol–water partition coefficient (Wildman–Crippen LogP) is 4.40. The fraction of sp³-hybridized carbons (Fsp3) is 0.417. The number of sulfonamides is 1. The minimum absolute atomic E-state index is 0.145. The van der Waals surface area contributed by atoms with Gasteiger partial charge in [0.25, 0.3) is 0 Å². The molecule has 34 heavy (non-hydrogen) atoms. The second kappa shape index (κ2) is 10.3. The van der Waals surface area contributed by atoms with Gasteiger partial charge in [-0.2, -0.15) is 4.31 Å². The van der Waals surface area contributed by atoms with E-state index in [-0.39, 0.29) is 10.8 Å². The number of hydrogen-bond donors (Lipinski definition) is 0. The van der Waals surface area contributed by atoms with E-state index in [1.54, 1.807) is 17.0 Å². The fourth-order valence-corrected chi connectivity index (χ4v) is 7.05. The molecule has 0 radical (unpaired) electrons. The van der Waals surface area contributed by atoms with Gasteiger partial charge in [0.2, 0.25) is 15.9 Å². The van der Waals surface area contributed by atoms with Crippen molar-refractivity contribution in [3.63, 3.8) is 0 Å². The first-order valence-corrected chi connectivity index (χ1v) is 13.9. The van der Waals surface area contributed by atoms with Crippen molar-refractivity contribution in [1.82, 2.24) is 14.2 Å². The number of amides is 1. The van der Waals surface area contributed by atoms with Crippen LogP contribution in [0.4, 0.5) is 5.13 Å². The summed E-state index contributed by atoms with van der Waals surface area (Å²) in [4.78, 5) is 22.5. The maximum Gasteiger partial charge on any atom is 0.247 e. The van der Waals surface area contributed by atoms with E-state index in [9.17, 15) is 13.2 Å². The third kappa shape index (κ3) is 5.28. The molecule has 0 N–H and O–H groups in total. The molecule has 10 heteroatoms. The fourth-order valence-electron chi connectivity index (χ4n) is 4.18. The zero-order valence-corrected chi connectivity index (χ0v) is 22.0. The smallest absolute Gasteiger partial charge is 0.247 e. The Morgan fingerprint density at radius 3 is 2.62 bits per heavy atom. The number of fused-ring (bicyclic) bond motifs is 1. The molecule has 3 aromatic rings. The van der Waals surface area contributed by atoms with Crippen molar-refractivity contribution in [2.75, 3.05) is 38.6 Å². The van der Waals surface area contributed by atoms with Gasteiger partial charge in [-0.05, 0) is 88.8 Å². The summed E-state index contributed by atoms with van der Waals surface area (Å²) in [7, 11) is 0.153. The Bertz CT molecular complexity index is 1280. The van der Waals surface area contributed by atoms with Crippen LogP contribution in [0.2, 0.25) is 5.02 Å². The Morgan fingerprint density at radius 2 is 1.91 bits per heavy atom. The molecule has 1 fully saturated rings. The highest BCUT2D eigenvalue weighted by molar-refractivity contribution is 7.89. The van der Waals surface area contributed by atoms with Crippen LogP contribution in [0.1, 0.15) is 24.8 Å². The van der Waals surface area contributed by atoms with Gasteiger partial charge in [0.15, 0.2) is 5.13 Å². The van der Waals surface area contributed by atoms with Crippen LogP contribution < -0.4 is 4.90 Å². The molecule has 1 unspecified atom stereocenters. The van der Waals surface area contributed by atoms with Crippen LogP contribution in [0.15, 0.2) is 47.4 Å². The lowest BCUT2D eigenvalue weighted by atomic mass is 10.2. The zero-order chi connectivity index (χ0) is 24.5. The molecule has 182 valence electrons. The average molecular weight is 521 g/mol. The molecule has 4 rings (SSSR count). The van der Waals surface area contributed by atoms with E-state index in [4.69, 9.17) is 16.6 Å². The molecule has 7 nitrogen and oxygen atoms in total. The normalized spacial score (nSPS) is 17.0. The topological polar surface area (TPSA) is 73.8 Å². The number of aryl methyl sites for hydroxylation is 1. The maximum absolute atomic E-state index is 13.9. The van der Waals surface area contributed by atoms with Gasteiger partial charge in [0.05, 0.1) is 15.1 Å². The number of aromatic nitrogens is 1. The van der Waals surface area contributed by atoms with Gasteiger partial charge in [-0.3, -0.25) is 9.69 Å². The predicted molar refractivity (Wildman–Crippen MR) is 138 cm³/mol. The van der Waals surface area contributed by atoms with Gasteiger partial charge >= 0.3 is 0 Å². The van der Waals surface area contributed by atoms with Crippen molar-refractivity contribution in [3.8, 4) is 0 Å². The molecule has 2 aromatic carbocycles. The minimum Gasteiger partial charge on any atom is -0.309 e. The Kier molecular flexibility index (Phi) is 7.59. The molecule has 0 spiro atoms. The SMILES string of the molecule is Cc1ccc2nc(N(CCCN(C)C)C(=O)C3CCCN3S(=O)(=O)c3ccc(Cl)cc3)sc2c1. The largest absolute Gasteiger partial charge is 0.309 e. The van der Waals surface area contributed by atoms with Crippen molar-refractivity contribution in [1.29, 1.82) is 0 Å². The number of carbonyl (C=O) groups is 1. The number of carbonyl (C=O) groups excluding carboxylic acids is 1. The second-order valence-electron chi connectivity index (χ2n) is 8.84. The maximum atomic E-state index is 13.9. The number of benzene rings is 2. The molecule has 0 bridgehead atoms. The Labute approximate surface area is 210 Å². The Morgan fingerprint density at radius 1 is 1.18 bits per heavy atom. The average Bonchev–Trinajstić information content (AvgIpc) is 3.44. The first-order chi connectivity index (χ1) is 16.2. The number of halogens is 1. The summed E-state index contributed by atoms with van der Waals surface area (Å²) in [6.07, 6.45) is 1.87. The van der Waals surface area contributed by atoms with Gasteiger partial charge in [-0.25, -0.2) is 13.4 Å². The summed E-state index contributed by atoms with van der Waals surface area (Å²) in [5.74, 6) is -0.218. The summed E-state index contributed by atoms with van der Waals surface area (Å²) in [6.45, 7) is 3.62. The van der Waals surface area contributed by atoms with E-state index in [1.807, 2.05) is 33.2 Å². The lowest BCUT2D eigenvalue weighted by molar-refractivity contribution is -0.121. The van der Waals surface area contributed by atoms with E-state index in [1.165, 1.54) is 27.8 Å².